The number of anilines is 4. The highest BCUT2D eigenvalue weighted by Gasteiger charge is 2.14. The van der Waals surface area contributed by atoms with Gasteiger partial charge in [0.05, 0.1) is 0 Å². The van der Waals surface area contributed by atoms with E-state index in [9.17, 15) is 0 Å². The van der Waals surface area contributed by atoms with Crippen molar-refractivity contribution in [3.05, 3.63) is 97.1 Å². The molecule has 0 spiro atoms. The number of nitrogens with zero attached hydrogens (tertiary/aromatic N) is 1. The van der Waals surface area contributed by atoms with Crippen LogP contribution in [-0.2, 0) is 0 Å². The molecular formula is C25H20N2S. The van der Waals surface area contributed by atoms with Crippen molar-refractivity contribution in [1.82, 2.24) is 0 Å². The Hall–Kier alpha value is -3.30. The molecule has 0 unspecified atom stereocenters. The number of hydrogen-bond acceptors (Lipinski definition) is 3. The molecule has 4 aromatic carbocycles. The average Bonchev–Trinajstić information content (AvgIpc) is 3.12. The molecule has 1 heterocycles. The molecule has 136 valence electrons. The summed E-state index contributed by atoms with van der Waals surface area (Å²) in [7, 11) is 1.96. The van der Waals surface area contributed by atoms with Crippen LogP contribution in [0.2, 0.25) is 0 Å². The van der Waals surface area contributed by atoms with Crippen molar-refractivity contribution >= 4 is 54.3 Å². The Bertz CT molecular complexity index is 1200. The van der Waals surface area contributed by atoms with E-state index in [1.807, 2.05) is 18.4 Å². The van der Waals surface area contributed by atoms with Gasteiger partial charge in [-0.25, -0.2) is 0 Å². The minimum absolute atomic E-state index is 1.14. The van der Waals surface area contributed by atoms with Crippen molar-refractivity contribution in [3.8, 4) is 0 Å². The number of benzene rings is 4. The Morgan fingerprint density at radius 2 is 1.29 bits per heavy atom. The zero-order valence-corrected chi connectivity index (χ0v) is 16.4. The second-order valence-electron chi connectivity index (χ2n) is 6.75. The summed E-state index contributed by atoms with van der Waals surface area (Å²) >= 11 is 1.85. The maximum atomic E-state index is 3.24. The van der Waals surface area contributed by atoms with Crippen molar-refractivity contribution in [2.75, 3.05) is 17.3 Å². The first-order chi connectivity index (χ1) is 13.8. The second-order valence-corrected chi connectivity index (χ2v) is 7.83. The Morgan fingerprint density at radius 3 is 1.93 bits per heavy atom. The number of hydrogen-bond donors (Lipinski definition) is 1. The largest absolute Gasteiger partial charge is 0.388 e. The molecule has 0 aliphatic rings. The molecule has 5 rings (SSSR count). The molecule has 1 aromatic heterocycles. The molecule has 0 fully saturated rings. The molecule has 28 heavy (non-hydrogen) atoms. The van der Waals surface area contributed by atoms with Crippen molar-refractivity contribution < 1.29 is 0 Å². The van der Waals surface area contributed by atoms with E-state index in [1.165, 1.54) is 25.9 Å². The van der Waals surface area contributed by atoms with E-state index in [2.05, 4.69) is 107 Å². The van der Waals surface area contributed by atoms with Crippen molar-refractivity contribution in [3.63, 3.8) is 0 Å². The van der Waals surface area contributed by atoms with E-state index in [1.54, 1.807) is 0 Å². The van der Waals surface area contributed by atoms with Crippen LogP contribution in [0.4, 0.5) is 22.7 Å². The normalized spacial score (nSPS) is 11.0. The minimum Gasteiger partial charge on any atom is -0.388 e. The van der Waals surface area contributed by atoms with Crippen LogP contribution in [0.15, 0.2) is 97.1 Å². The van der Waals surface area contributed by atoms with Gasteiger partial charge in [0.25, 0.3) is 0 Å². The third kappa shape index (κ3) is 2.90. The lowest BCUT2D eigenvalue weighted by Crippen LogP contribution is -2.09. The molecule has 0 aliphatic heterocycles. The highest BCUT2D eigenvalue weighted by atomic mass is 32.1. The first-order valence-corrected chi connectivity index (χ1v) is 10.2. The summed E-state index contributed by atoms with van der Waals surface area (Å²) in [6.45, 7) is 0. The predicted octanol–water partition coefficient (Wildman–Crippen LogP) is 7.57. The molecule has 0 saturated carbocycles. The van der Waals surface area contributed by atoms with Gasteiger partial charge in [-0.15, -0.1) is 11.3 Å². The van der Waals surface area contributed by atoms with Crippen molar-refractivity contribution in [2.24, 2.45) is 0 Å². The van der Waals surface area contributed by atoms with Crippen LogP contribution in [0.1, 0.15) is 0 Å². The van der Waals surface area contributed by atoms with Gasteiger partial charge in [-0.3, -0.25) is 0 Å². The number of fused-ring (bicyclic) bond motifs is 3. The van der Waals surface area contributed by atoms with Gasteiger partial charge in [-0.2, -0.15) is 0 Å². The van der Waals surface area contributed by atoms with E-state index in [0.717, 1.165) is 17.1 Å². The molecule has 5 aromatic rings. The van der Waals surface area contributed by atoms with E-state index in [0.29, 0.717) is 0 Å². The van der Waals surface area contributed by atoms with Gasteiger partial charge in [0, 0.05) is 50.0 Å². The fraction of sp³-hybridized carbons (Fsp3) is 0.0400. The SMILES string of the molecule is CNc1ccc2sc3cc(N(c4ccccc4)c4ccccc4)ccc3c2c1. The van der Waals surface area contributed by atoms with Gasteiger partial charge in [0.15, 0.2) is 0 Å². The fourth-order valence-corrected chi connectivity index (χ4v) is 4.78. The molecule has 3 heteroatoms. The highest BCUT2D eigenvalue weighted by molar-refractivity contribution is 7.25. The molecule has 1 N–H and O–H groups in total. The van der Waals surface area contributed by atoms with Gasteiger partial charge >= 0.3 is 0 Å². The summed E-state index contributed by atoms with van der Waals surface area (Å²) in [5.74, 6) is 0. The smallest absolute Gasteiger partial charge is 0.0476 e. The summed E-state index contributed by atoms with van der Waals surface area (Å²) in [6, 6.07) is 34.4. The van der Waals surface area contributed by atoms with Crippen LogP contribution in [0.5, 0.6) is 0 Å². The molecule has 0 aliphatic carbocycles. The summed E-state index contributed by atoms with van der Waals surface area (Å²) in [6.07, 6.45) is 0. The molecule has 0 atom stereocenters. The second kappa shape index (κ2) is 7.02. The van der Waals surface area contributed by atoms with Crippen LogP contribution in [0, 0.1) is 0 Å². The Kier molecular flexibility index (Phi) is 4.22. The average molecular weight is 381 g/mol. The Labute approximate surface area is 168 Å². The number of nitrogens with one attached hydrogen (secondary N) is 1. The molecule has 0 bridgehead atoms. The summed E-state index contributed by atoms with van der Waals surface area (Å²) in [5, 5.41) is 5.86. The lowest BCUT2D eigenvalue weighted by Gasteiger charge is -2.25. The van der Waals surface area contributed by atoms with Crippen molar-refractivity contribution in [2.45, 2.75) is 0 Å². The van der Waals surface area contributed by atoms with E-state index >= 15 is 0 Å². The first kappa shape index (κ1) is 16.8. The van der Waals surface area contributed by atoms with Crippen LogP contribution < -0.4 is 10.2 Å². The fourth-order valence-electron chi connectivity index (χ4n) is 3.66. The van der Waals surface area contributed by atoms with Crippen molar-refractivity contribution in [1.29, 1.82) is 0 Å². The minimum atomic E-state index is 1.14. The molecule has 0 amide bonds. The van der Waals surface area contributed by atoms with E-state index in [-0.39, 0.29) is 0 Å². The zero-order valence-electron chi connectivity index (χ0n) is 15.6. The molecule has 0 saturated heterocycles. The van der Waals surface area contributed by atoms with Gasteiger partial charge in [0.2, 0.25) is 0 Å². The van der Waals surface area contributed by atoms with E-state index in [4.69, 9.17) is 0 Å². The van der Waals surface area contributed by atoms with Crippen LogP contribution in [-0.4, -0.2) is 7.05 Å². The van der Waals surface area contributed by atoms with Crippen LogP contribution >= 0.6 is 11.3 Å². The zero-order chi connectivity index (χ0) is 18.9. The molecular weight excluding hydrogens is 360 g/mol. The number of rotatable bonds is 4. The number of thiophene rings is 1. The lowest BCUT2D eigenvalue weighted by atomic mass is 10.1. The van der Waals surface area contributed by atoms with E-state index < -0.39 is 0 Å². The standard InChI is InChI=1S/C25H20N2S/c1-26-18-12-15-24-23(16-18)22-14-13-21(17-25(22)28-24)27(19-8-4-2-5-9-19)20-10-6-3-7-11-20/h2-17,26H,1H3. The summed E-state index contributed by atoms with van der Waals surface area (Å²) in [4.78, 5) is 2.31. The van der Waals surface area contributed by atoms with Gasteiger partial charge in [-0.05, 0) is 54.6 Å². The van der Waals surface area contributed by atoms with Gasteiger partial charge in [-0.1, -0.05) is 42.5 Å². The first-order valence-electron chi connectivity index (χ1n) is 9.38. The molecule has 2 nitrogen and oxygen atoms in total. The summed E-state index contributed by atoms with van der Waals surface area (Å²) in [5.41, 5.74) is 4.63. The summed E-state index contributed by atoms with van der Waals surface area (Å²) < 4.78 is 2.62. The van der Waals surface area contributed by atoms with Gasteiger partial charge < -0.3 is 10.2 Å². The Balaban J connectivity index is 1.70. The van der Waals surface area contributed by atoms with Crippen LogP contribution in [0.25, 0.3) is 20.2 Å². The highest BCUT2D eigenvalue weighted by Crippen LogP contribution is 2.40. The lowest BCUT2D eigenvalue weighted by molar-refractivity contribution is 1.29. The van der Waals surface area contributed by atoms with Gasteiger partial charge in [0.1, 0.15) is 0 Å². The maximum absolute atomic E-state index is 3.24. The number of para-hydroxylation sites is 2. The Morgan fingerprint density at radius 1 is 0.607 bits per heavy atom. The quantitative estimate of drug-likeness (QED) is 0.346. The third-order valence-electron chi connectivity index (χ3n) is 5.03. The maximum Gasteiger partial charge on any atom is 0.0476 e. The third-order valence-corrected chi connectivity index (χ3v) is 6.16. The molecule has 0 radical (unpaired) electrons. The topological polar surface area (TPSA) is 15.3 Å². The monoisotopic (exact) mass is 380 g/mol. The predicted molar refractivity (Wildman–Crippen MR) is 124 cm³/mol. The van der Waals surface area contributed by atoms with Crippen LogP contribution in [0.3, 0.4) is 0 Å².